The van der Waals surface area contributed by atoms with Crippen LogP contribution in [0.5, 0.6) is 0 Å². The third kappa shape index (κ3) is 3.72. The molecule has 0 amide bonds. The number of fused-ring (bicyclic) bond motifs is 5. The summed E-state index contributed by atoms with van der Waals surface area (Å²) in [5.74, 6) is -0.292. The lowest BCUT2D eigenvalue weighted by atomic mass is 9.48. The second kappa shape index (κ2) is 7.79. The van der Waals surface area contributed by atoms with Gasteiger partial charge in [0.1, 0.15) is 12.2 Å². The molecule has 4 rings (SSSR count). The molecule has 0 heterocycles. The van der Waals surface area contributed by atoms with Crippen molar-refractivity contribution >= 4 is 17.9 Å². The summed E-state index contributed by atoms with van der Waals surface area (Å²) in [6, 6.07) is 0. The molecule has 4 aliphatic carbocycles. The third-order valence-electron chi connectivity index (χ3n) is 8.81. The molecule has 0 radical (unpaired) electrons. The maximum Gasteiger partial charge on any atom is 0.328 e. The highest BCUT2D eigenvalue weighted by atomic mass is 16.5. The van der Waals surface area contributed by atoms with Crippen LogP contribution in [0.25, 0.3) is 0 Å². The number of carbonyl (C=O) groups excluding carboxylic acids is 2. The number of esters is 2. The van der Waals surface area contributed by atoms with E-state index in [1.54, 1.807) is 0 Å². The van der Waals surface area contributed by atoms with Crippen LogP contribution >= 0.6 is 0 Å². The van der Waals surface area contributed by atoms with Crippen LogP contribution in [0.15, 0.2) is 23.3 Å². The van der Waals surface area contributed by atoms with Crippen molar-refractivity contribution < 1.29 is 29.0 Å². The van der Waals surface area contributed by atoms with Crippen LogP contribution < -0.4 is 0 Å². The monoisotopic (exact) mass is 430 g/mol. The van der Waals surface area contributed by atoms with Crippen LogP contribution in [0.3, 0.4) is 0 Å². The minimum atomic E-state index is -0.979. The van der Waals surface area contributed by atoms with Crippen molar-refractivity contribution in [3.63, 3.8) is 0 Å². The van der Waals surface area contributed by atoms with E-state index in [1.165, 1.54) is 25.5 Å². The van der Waals surface area contributed by atoms with Crippen molar-refractivity contribution in [1.29, 1.82) is 0 Å². The standard InChI is InChI=1S/C25H34O6/c1-14(26)30-18-7-9-24(3)17(13-18)5-6-19-20(24)8-10-25(4)21(19)11-16(12-22(28)29)23(25)31-15(2)27/h5,12,18-21,23H,6-11,13H2,1-4H3,(H,28,29)/b16-12-/t18-,19+,20-,21-,23-,24-,25-/m0/s1. The van der Waals surface area contributed by atoms with E-state index in [9.17, 15) is 19.5 Å². The van der Waals surface area contributed by atoms with Gasteiger partial charge in [-0.05, 0) is 67.3 Å². The number of allylic oxidation sites excluding steroid dienone is 1. The Labute approximate surface area is 184 Å². The molecule has 0 bridgehead atoms. The Morgan fingerprint density at radius 2 is 1.74 bits per heavy atom. The zero-order valence-corrected chi connectivity index (χ0v) is 19.0. The highest BCUT2D eigenvalue weighted by Gasteiger charge is 2.61. The van der Waals surface area contributed by atoms with E-state index in [2.05, 4.69) is 19.9 Å². The molecule has 3 fully saturated rings. The largest absolute Gasteiger partial charge is 0.478 e. The van der Waals surface area contributed by atoms with Crippen molar-refractivity contribution in [2.75, 3.05) is 0 Å². The predicted octanol–water partition coefficient (Wildman–Crippen LogP) is 4.43. The first-order valence-corrected chi connectivity index (χ1v) is 11.5. The molecule has 0 spiro atoms. The third-order valence-corrected chi connectivity index (χ3v) is 8.81. The van der Waals surface area contributed by atoms with Gasteiger partial charge >= 0.3 is 17.9 Å². The zero-order valence-electron chi connectivity index (χ0n) is 19.0. The van der Waals surface area contributed by atoms with Crippen LogP contribution in [0.4, 0.5) is 0 Å². The van der Waals surface area contributed by atoms with Crippen LogP contribution in [0.2, 0.25) is 0 Å². The van der Waals surface area contributed by atoms with Crippen molar-refractivity contribution in [2.24, 2.45) is 28.6 Å². The average Bonchev–Trinajstić information content (AvgIpc) is 2.92. The molecule has 31 heavy (non-hydrogen) atoms. The SMILES string of the molecule is CC(=O)O[C@H]1CC[C@@]2(C)C(=CC[C@H]3[C@@H]4C/C(=C/C(=O)O)[C@H](OC(C)=O)[C@@]4(C)CC[C@@H]32)C1. The van der Waals surface area contributed by atoms with E-state index in [1.807, 2.05) is 0 Å². The Kier molecular flexibility index (Phi) is 5.55. The number of hydrogen-bond donors (Lipinski definition) is 1. The summed E-state index contributed by atoms with van der Waals surface area (Å²) in [4.78, 5) is 34.7. The van der Waals surface area contributed by atoms with Crippen molar-refractivity contribution in [1.82, 2.24) is 0 Å². The van der Waals surface area contributed by atoms with Gasteiger partial charge < -0.3 is 14.6 Å². The van der Waals surface area contributed by atoms with E-state index in [-0.39, 0.29) is 28.9 Å². The number of carboxylic acids is 1. The quantitative estimate of drug-likeness (QED) is 0.405. The van der Waals surface area contributed by atoms with Gasteiger partial charge in [-0.3, -0.25) is 9.59 Å². The summed E-state index contributed by atoms with van der Waals surface area (Å²) < 4.78 is 11.2. The van der Waals surface area contributed by atoms with E-state index < -0.39 is 12.1 Å². The number of rotatable bonds is 3. The second-order valence-electron chi connectivity index (χ2n) is 10.5. The zero-order chi connectivity index (χ0) is 22.6. The van der Waals surface area contributed by atoms with Crippen molar-refractivity contribution in [2.45, 2.75) is 84.8 Å². The number of aliphatic carboxylic acids is 1. The Hall–Kier alpha value is -2.11. The van der Waals surface area contributed by atoms with Gasteiger partial charge in [0.05, 0.1) is 0 Å². The topological polar surface area (TPSA) is 89.9 Å². The fourth-order valence-corrected chi connectivity index (χ4v) is 7.47. The molecule has 0 aromatic carbocycles. The van der Waals surface area contributed by atoms with Gasteiger partial charge in [-0.25, -0.2) is 4.79 Å². The normalized spacial score (nSPS) is 42.6. The molecule has 1 N–H and O–H groups in total. The summed E-state index contributed by atoms with van der Waals surface area (Å²) in [5, 5.41) is 9.40. The lowest BCUT2D eigenvalue weighted by molar-refractivity contribution is -0.155. The lowest BCUT2D eigenvalue weighted by Gasteiger charge is -2.57. The van der Waals surface area contributed by atoms with Gasteiger partial charge in [-0.15, -0.1) is 0 Å². The van der Waals surface area contributed by atoms with E-state index in [0.29, 0.717) is 24.2 Å². The Balaban J connectivity index is 1.64. The summed E-state index contributed by atoms with van der Waals surface area (Å²) in [7, 11) is 0. The highest BCUT2D eigenvalue weighted by Crippen LogP contribution is 2.66. The van der Waals surface area contributed by atoms with Gasteiger partial charge in [0.15, 0.2) is 0 Å². The number of ether oxygens (including phenoxy) is 2. The van der Waals surface area contributed by atoms with Crippen molar-refractivity contribution in [3.05, 3.63) is 23.3 Å². The Bertz CT molecular complexity index is 856. The number of carbonyl (C=O) groups is 3. The minimum absolute atomic E-state index is 0.0211. The summed E-state index contributed by atoms with van der Waals surface area (Å²) in [6.07, 6.45) is 9.47. The first-order chi connectivity index (χ1) is 14.5. The molecular weight excluding hydrogens is 396 g/mol. The molecule has 6 heteroatoms. The smallest absolute Gasteiger partial charge is 0.328 e. The molecule has 0 saturated heterocycles. The average molecular weight is 431 g/mol. The van der Waals surface area contributed by atoms with Gasteiger partial charge in [-0.2, -0.15) is 0 Å². The maximum atomic E-state index is 11.8. The van der Waals surface area contributed by atoms with Gasteiger partial charge in [0.2, 0.25) is 0 Å². The molecule has 170 valence electrons. The molecular formula is C25H34O6. The van der Waals surface area contributed by atoms with Gasteiger partial charge in [-0.1, -0.05) is 25.5 Å². The van der Waals surface area contributed by atoms with E-state index in [4.69, 9.17) is 9.47 Å². The summed E-state index contributed by atoms with van der Waals surface area (Å²) in [5.41, 5.74) is 2.03. The molecule has 7 atom stereocenters. The number of carboxylic acid groups (broad SMARTS) is 1. The van der Waals surface area contributed by atoms with Gasteiger partial charge in [0, 0.05) is 31.8 Å². The van der Waals surface area contributed by atoms with Crippen LogP contribution in [0, 0.1) is 28.6 Å². The first kappa shape index (κ1) is 22.1. The second-order valence-corrected chi connectivity index (χ2v) is 10.5. The molecule has 0 aliphatic heterocycles. The van der Waals surface area contributed by atoms with E-state index >= 15 is 0 Å². The van der Waals surface area contributed by atoms with Crippen molar-refractivity contribution in [3.8, 4) is 0 Å². The Morgan fingerprint density at radius 1 is 1.03 bits per heavy atom. The van der Waals surface area contributed by atoms with Gasteiger partial charge in [0.25, 0.3) is 0 Å². The molecule has 4 aliphatic rings. The Morgan fingerprint density at radius 3 is 2.39 bits per heavy atom. The summed E-state index contributed by atoms with van der Waals surface area (Å²) >= 11 is 0. The summed E-state index contributed by atoms with van der Waals surface area (Å²) in [6.45, 7) is 7.43. The van der Waals surface area contributed by atoms with Crippen LogP contribution in [-0.2, 0) is 23.9 Å². The first-order valence-electron chi connectivity index (χ1n) is 11.5. The fraction of sp³-hybridized carbons (Fsp3) is 0.720. The molecule has 6 nitrogen and oxygen atoms in total. The van der Waals surface area contributed by atoms with Crippen LogP contribution in [-0.4, -0.2) is 35.2 Å². The maximum absolute atomic E-state index is 11.8. The predicted molar refractivity (Wildman–Crippen MR) is 114 cm³/mol. The minimum Gasteiger partial charge on any atom is -0.478 e. The molecule has 0 unspecified atom stereocenters. The van der Waals surface area contributed by atoms with E-state index in [0.717, 1.165) is 44.1 Å². The fourth-order valence-electron chi connectivity index (χ4n) is 7.47. The lowest BCUT2D eigenvalue weighted by Crippen LogP contribution is -2.51. The molecule has 3 saturated carbocycles. The molecule has 0 aromatic heterocycles. The molecule has 0 aromatic rings. The van der Waals surface area contributed by atoms with Crippen LogP contribution in [0.1, 0.15) is 72.6 Å². The number of hydrogen-bond acceptors (Lipinski definition) is 5. The highest BCUT2D eigenvalue weighted by molar-refractivity contribution is 5.81.